The third kappa shape index (κ3) is 5.78. The first-order chi connectivity index (χ1) is 16.6. The van der Waals surface area contributed by atoms with Gasteiger partial charge in [-0.3, -0.25) is 5.41 Å². The van der Waals surface area contributed by atoms with Gasteiger partial charge in [-0.05, 0) is 33.5 Å². The monoisotopic (exact) mass is 439 g/mol. The molecule has 3 nitrogen and oxygen atoms in total. The van der Waals surface area contributed by atoms with E-state index >= 15 is 0 Å². The quantitative estimate of drug-likeness (QED) is 0.184. The number of hydrogen-bond donors (Lipinski definition) is 1. The van der Waals surface area contributed by atoms with Crippen LogP contribution in [0.15, 0.2) is 144 Å². The molecule has 0 unspecified atom stereocenters. The normalized spacial score (nSPS) is 11.8. The maximum absolute atomic E-state index is 8.47. The number of fused-ring (bicyclic) bond motifs is 1. The highest BCUT2D eigenvalue weighted by Gasteiger charge is 2.05. The van der Waals surface area contributed by atoms with Crippen LogP contribution in [0, 0.1) is 5.41 Å². The maximum atomic E-state index is 8.47. The van der Waals surface area contributed by atoms with E-state index in [1.165, 1.54) is 5.39 Å². The summed E-state index contributed by atoms with van der Waals surface area (Å²) in [5, 5.41) is 10.8. The van der Waals surface area contributed by atoms with Crippen molar-refractivity contribution in [1.82, 2.24) is 0 Å². The van der Waals surface area contributed by atoms with Crippen molar-refractivity contribution in [1.29, 1.82) is 5.41 Å². The Balaban J connectivity index is 1.53. The van der Waals surface area contributed by atoms with Gasteiger partial charge in [0, 0.05) is 17.4 Å². The third-order valence-electron chi connectivity index (χ3n) is 5.30. The molecule has 0 atom stereocenters. The lowest BCUT2D eigenvalue weighted by molar-refractivity contribution is 1.41. The minimum atomic E-state index is 0.0478. The summed E-state index contributed by atoms with van der Waals surface area (Å²) < 4.78 is 0. The van der Waals surface area contributed by atoms with Crippen LogP contribution in [0.25, 0.3) is 16.3 Å². The Bertz CT molecular complexity index is 1430. The van der Waals surface area contributed by atoms with Crippen LogP contribution in [0.5, 0.6) is 0 Å². The van der Waals surface area contributed by atoms with Gasteiger partial charge in [0.1, 0.15) is 0 Å². The zero-order valence-corrected chi connectivity index (χ0v) is 18.9. The molecule has 0 fully saturated rings. The maximum Gasteiger partial charge on any atom is 0.161 e. The number of aliphatic imine (C=N–C) groups is 2. The first-order valence-corrected chi connectivity index (χ1v) is 11.0. The van der Waals surface area contributed by atoms with E-state index in [-0.39, 0.29) is 5.84 Å². The highest BCUT2D eigenvalue weighted by Crippen LogP contribution is 2.21. The van der Waals surface area contributed by atoms with Crippen molar-refractivity contribution in [2.75, 3.05) is 0 Å². The first-order valence-electron chi connectivity index (χ1n) is 11.0. The molecule has 0 heterocycles. The lowest BCUT2D eigenvalue weighted by Gasteiger charge is -2.05. The molecule has 1 N–H and O–H groups in total. The molecule has 0 aliphatic rings. The van der Waals surface area contributed by atoms with Gasteiger partial charge in [-0.1, -0.05) is 122 Å². The summed E-state index contributed by atoms with van der Waals surface area (Å²) >= 11 is 0. The van der Waals surface area contributed by atoms with Crippen molar-refractivity contribution in [3.8, 4) is 0 Å². The van der Waals surface area contributed by atoms with Crippen molar-refractivity contribution in [3.05, 3.63) is 151 Å². The summed E-state index contributed by atoms with van der Waals surface area (Å²) in [7, 11) is 0. The van der Waals surface area contributed by atoms with Crippen molar-refractivity contribution in [3.63, 3.8) is 0 Å². The van der Waals surface area contributed by atoms with Crippen LogP contribution in [-0.4, -0.2) is 17.9 Å². The van der Waals surface area contributed by atoms with E-state index in [1.807, 2.05) is 84.9 Å². The Labute approximate surface area is 200 Å². The lowest BCUT2D eigenvalue weighted by atomic mass is 10.0. The van der Waals surface area contributed by atoms with Gasteiger partial charge in [0.05, 0.1) is 0 Å². The van der Waals surface area contributed by atoms with Crippen molar-refractivity contribution in [2.24, 2.45) is 9.98 Å². The van der Waals surface area contributed by atoms with Crippen LogP contribution in [-0.2, 0) is 0 Å². The number of benzene rings is 4. The molecule has 0 spiro atoms. The summed E-state index contributed by atoms with van der Waals surface area (Å²) in [6.07, 6.45) is 5.39. The molecule has 164 valence electrons. The number of amidine groups is 2. The van der Waals surface area contributed by atoms with Gasteiger partial charge in [-0.2, -0.15) is 0 Å². The number of allylic oxidation sites excluding steroid dienone is 2. The molecule has 4 aromatic carbocycles. The van der Waals surface area contributed by atoms with E-state index in [2.05, 4.69) is 47.4 Å². The average molecular weight is 440 g/mol. The van der Waals surface area contributed by atoms with Crippen molar-refractivity contribution < 1.29 is 0 Å². The predicted octanol–water partition coefficient (Wildman–Crippen LogP) is 7.51. The fraction of sp³-hybridized carbons (Fsp3) is 0. The van der Waals surface area contributed by atoms with Crippen molar-refractivity contribution in [2.45, 2.75) is 0 Å². The minimum Gasteiger partial charge on any atom is -0.282 e. The zero-order valence-electron chi connectivity index (χ0n) is 18.9. The summed E-state index contributed by atoms with van der Waals surface area (Å²) in [4.78, 5) is 9.03. The Morgan fingerprint density at radius 2 is 1.32 bits per heavy atom. The van der Waals surface area contributed by atoms with Gasteiger partial charge in [0.15, 0.2) is 11.7 Å². The summed E-state index contributed by atoms with van der Waals surface area (Å²) in [5.74, 6) is 0.504. The molecule has 0 radical (unpaired) electrons. The summed E-state index contributed by atoms with van der Waals surface area (Å²) in [6.45, 7) is 8.20. The van der Waals surface area contributed by atoms with Crippen molar-refractivity contribution >= 4 is 34.2 Å². The van der Waals surface area contributed by atoms with Crippen LogP contribution >= 0.6 is 0 Å². The largest absolute Gasteiger partial charge is 0.282 e. The second kappa shape index (κ2) is 10.8. The molecule has 34 heavy (non-hydrogen) atoms. The summed E-state index contributed by atoms with van der Waals surface area (Å²) in [6, 6.07) is 33.9. The molecule has 3 heteroatoms. The molecule has 0 amide bonds. The van der Waals surface area contributed by atoms with E-state index < -0.39 is 0 Å². The van der Waals surface area contributed by atoms with E-state index in [0.29, 0.717) is 11.4 Å². The van der Waals surface area contributed by atoms with Gasteiger partial charge in [-0.25, -0.2) is 9.98 Å². The van der Waals surface area contributed by atoms with Gasteiger partial charge in [-0.15, -0.1) is 0 Å². The Morgan fingerprint density at radius 3 is 2.06 bits per heavy atom. The second-order valence-corrected chi connectivity index (χ2v) is 7.76. The zero-order chi connectivity index (χ0) is 23.8. The van der Waals surface area contributed by atoms with Crippen LogP contribution in [0.1, 0.15) is 16.7 Å². The highest BCUT2D eigenvalue weighted by molar-refractivity contribution is 6.13. The fourth-order valence-electron chi connectivity index (χ4n) is 3.37. The molecule has 4 aromatic rings. The fourth-order valence-corrected chi connectivity index (χ4v) is 3.37. The average Bonchev–Trinajstić information content (AvgIpc) is 2.90. The van der Waals surface area contributed by atoms with Crippen LogP contribution in [0.4, 0.5) is 0 Å². The molecule has 0 saturated heterocycles. The number of nitrogens with one attached hydrogen (secondary N) is 1. The van der Waals surface area contributed by atoms with Gasteiger partial charge >= 0.3 is 0 Å². The molecule has 0 saturated carbocycles. The first kappa shape index (κ1) is 22.6. The van der Waals surface area contributed by atoms with Crippen LogP contribution in [0.3, 0.4) is 0 Å². The van der Waals surface area contributed by atoms with Crippen LogP contribution in [0.2, 0.25) is 0 Å². The molecular formula is C31H25N3. The van der Waals surface area contributed by atoms with Gasteiger partial charge in [0.2, 0.25) is 0 Å². The number of hydrogen-bond acceptors (Lipinski definition) is 1. The SMILES string of the molecule is C=C(/C=C\C(=C)c1ccc2ccccc2c1)C(=N)N=C(N=Cc1ccccc1)c1ccccc1. The van der Waals surface area contributed by atoms with Gasteiger partial charge < -0.3 is 0 Å². The highest BCUT2D eigenvalue weighted by atomic mass is 14.9. The number of nitrogens with zero attached hydrogens (tertiary/aromatic N) is 2. The summed E-state index contributed by atoms with van der Waals surface area (Å²) in [5.41, 5.74) is 4.13. The van der Waals surface area contributed by atoms with Crippen LogP contribution < -0.4 is 0 Å². The molecule has 0 bridgehead atoms. The minimum absolute atomic E-state index is 0.0478. The topological polar surface area (TPSA) is 48.6 Å². The van der Waals surface area contributed by atoms with E-state index in [9.17, 15) is 0 Å². The Hall–Kier alpha value is -4.63. The third-order valence-corrected chi connectivity index (χ3v) is 5.30. The Morgan fingerprint density at radius 1 is 0.676 bits per heavy atom. The second-order valence-electron chi connectivity index (χ2n) is 7.76. The van der Waals surface area contributed by atoms with E-state index in [0.717, 1.165) is 27.6 Å². The molecule has 0 aliphatic carbocycles. The molecule has 0 aliphatic heterocycles. The molecule has 0 aromatic heterocycles. The Kier molecular flexibility index (Phi) is 7.16. The number of rotatable bonds is 6. The standard InChI is InChI=1S/C31H25N3/c1-23(28-20-19-26-13-9-10-16-29(26)21-28)17-18-24(2)30(32)34-31(27-14-7-4-8-15-27)33-22-25-11-5-3-6-12-25/h3-22,32H,1-2H2/b18-17-,32-30?,33-22?,34-31?. The van der Waals surface area contributed by atoms with E-state index in [1.54, 1.807) is 12.3 Å². The molecule has 4 rings (SSSR count). The van der Waals surface area contributed by atoms with Gasteiger partial charge in [0.25, 0.3) is 0 Å². The predicted molar refractivity (Wildman–Crippen MR) is 146 cm³/mol. The van der Waals surface area contributed by atoms with E-state index in [4.69, 9.17) is 5.41 Å². The lowest BCUT2D eigenvalue weighted by Crippen LogP contribution is -2.04. The smallest absolute Gasteiger partial charge is 0.161 e. The molecular weight excluding hydrogens is 414 g/mol.